The number of methoxy groups -OCH3 is 1. The van der Waals surface area contributed by atoms with Crippen molar-refractivity contribution in [2.45, 2.75) is 26.9 Å². The molecular formula is C10H16N2O3. The Hall–Kier alpha value is -1.36. The van der Waals surface area contributed by atoms with E-state index in [4.69, 9.17) is 4.74 Å². The Morgan fingerprint density at radius 2 is 2.13 bits per heavy atom. The van der Waals surface area contributed by atoms with Crippen LogP contribution < -0.4 is 5.56 Å². The summed E-state index contributed by atoms with van der Waals surface area (Å²) in [5, 5.41) is 9.22. The van der Waals surface area contributed by atoms with Gasteiger partial charge >= 0.3 is 0 Å². The summed E-state index contributed by atoms with van der Waals surface area (Å²) >= 11 is 0. The molecule has 2 N–H and O–H groups in total. The summed E-state index contributed by atoms with van der Waals surface area (Å²) in [6.45, 7) is 5.89. The van der Waals surface area contributed by atoms with E-state index in [-0.39, 0.29) is 23.0 Å². The molecule has 0 bridgehead atoms. The van der Waals surface area contributed by atoms with Crippen molar-refractivity contribution in [1.82, 2.24) is 9.97 Å². The third-order valence-electron chi connectivity index (χ3n) is 2.02. The van der Waals surface area contributed by atoms with E-state index in [0.717, 1.165) is 6.07 Å². The fraction of sp³-hybridized carbons (Fsp3) is 0.600. The molecule has 0 saturated carbocycles. The van der Waals surface area contributed by atoms with Crippen molar-refractivity contribution >= 4 is 0 Å². The number of aromatic hydroxyl groups is 1. The summed E-state index contributed by atoms with van der Waals surface area (Å²) in [5.41, 5.74) is -0.595. The SMILES string of the molecule is COC(c1nc(O)cc(=O)[nH]1)C(C)(C)C. The maximum absolute atomic E-state index is 11.1. The number of rotatable bonds is 2. The predicted octanol–water partition coefficient (Wildman–Crippen LogP) is 1.21. The maximum atomic E-state index is 11.1. The Balaban J connectivity index is 3.19. The van der Waals surface area contributed by atoms with Gasteiger partial charge in [-0.3, -0.25) is 4.79 Å². The van der Waals surface area contributed by atoms with Crippen molar-refractivity contribution in [3.8, 4) is 5.88 Å². The molecule has 15 heavy (non-hydrogen) atoms. The van der Waals surface area contributed by atoms with Crippen molar-refractivity contribution < 1.29 is 9.84 Å². The normalized spacial score (nSPS) is 13.9. The molecule has 1 aromatic rings. The van der Waals surface area contributed by atoms with Crippen LogP contribution in [0.15, 0.2) is 10.9 Å². The zero-order valence-corrected chi connectivity index (χ0v) is 9.37. The molecule has 1 rings (SSSR count). The van der Waals surface area contributed by atoms with Gasteiger partial charge in [-0.1, -0.05) is 20.8 Å². The molecule has 0 amide bonds. The molecule has 0 radical (unpaired) electrons. The minimum absolute atomic E-state index is 0.210. The molecule has 0 spiro atoms. The molecule has 0 fully saturated rings. The lowest BCUT2D eigenvalue weighted by Crippen LogP contribution is -2.24. The number of hydrogen-bond donors (Lipinski definition) is 2. The third kappa shape index (κ3) is 2.79. The number of nitrogens with zero attached hydrogens (tertiary/aromatic N) is 1. The van der Waals surface area contributed by atoms with Crippen molar-refractivity contribution in [2.75, 3.05) is 7.11 Å². The molecule has 0 aliphatic heterocycles. The van der Waals surface area contributed by atoms with Crippen molar-refractivity contribution in [3.05, 3.63) is 22.2 Å². The molecule has 1 atom stereocenters. The molecule has 1 heterocycles. The fourth-order valence-electron chi connectivity index (χ4n) is 1.46. The lowest BCUT2D eigenvalue weighted by atomic mass is 9.88. The van der Waals surface area contributed by atoms with Gasteiger partial charge in [0.15, 0.2) is 0 Å². The highest BCUT2D eigenvalue weighted by atomic mass is 16.5. The van der Waals surface area contributed by atoms with Crippen LogP contribution in [0, 0.1) is 5.41 Å². The van der Waals surface area contributed by atoms with Crippen LogP contribution in [0.4, 0.5) is 0 Å². The summed E-state index contributed by atoms with van der Waals surface area (Å²) < 4.78 is 5.27. The molecule has 84 valence electrons. The highest BCUT2D eigenvalue weighted by molar-refractivity contribution is 5.09. The average molecular weight is 212 g/mol. The van der Waals surface area contributed by atoms with Gasteiger partial charge in [-0.05, 0) is 5.41 Å². The second-order valence-electron chi connectivity index (χ2n) is 4.47. The van der Waals surface area contributed by atoms with Crippen LogP contribution in [0.5, 0.6) is 5.88 Å². The summed E-state index contributed by atoms with van der Waals surface area (Å²) in [5.74, 6) is 0.0510. The first-order chi connectivity index (χ1) is 6.84. The highest BCUT2D eigenvalue weighted by Gasteiger charge is 2.28. The monoisotopic (exact) mass is 212 g/mol. The smallest absolute Gasteiger partial charge is 0.254 e. The molecule has 0 aliphatic carbocycles. The van der Waals surface area contributed by atoms with Crippen LogP contribution in [0.1, 0.15) is 32.7 Å². The molecule has 5 heteroatoms. The predicted molar refractivity (Wildman–Crippen MR) is 55.7 cm³/mol. The van der Waals surface area contributed by atoms with Crippen LogP contribution in [0.25, 0.3) is 0 Å². The molecular weight excluding hydrogens is 196 g/mol. The van der Waals surface area contributed by atoms with E-state index in [2.05, 4.69) is 9.97 Å². The first-order valence-corrected chi connectivity index (χ1v) is 4.67. The Kier molecular flexibility index (Phi) is 3.14. The van der Waals surface area contributed by atoms with E-state index in [9.17, 15) is 9.90 Å². The Bertz CT molecular complexity index is 392. The Morgan fingerprint density at radius 1 is 1.53 bits per heavy atom. The number of hydrogen-bond acceptors (Lipinski definition) is 4. The number of H-pyrrole nitrogens is 1. The van der Waals surface area contributed by atoms with Crippen molar-refractivity contribution in [2.24, 2.45) is 5.41 Å². The van der Waals surface area contributed by atoms with Gasteiger partial charge in [-0.25, -0.2) is 0 Å². The standard InChI is InChI=1S/C10H16N2O3/c1-10(2,3)8(15-4)9-11-6(13)5-7(14)12-9/h5,8H,1-4H3,(H2,11,12,13,14). The summed E-state index contributed by atoms with van der Waals surface area (Å²) in [4.78, 5) is 17.5. The van der Waals surface area contributed by atoms with E-state index >= 15 is 0 Å². The van der Waals surface area contributed by atoms with Crippen LogP contribution in [-0.4, -0.2) is 22.2 Å². The van der Waals surface area contributed by atoms with Gasteiger partial charge in [0.05, 0.1) is 6.07 Å². The van der Waals surface area contributed by atoms with Gasteiger partial charge < -0.3 is 14.8 Å². The van der Waals surface area contributed by atoms with Crippen LogP contribution in [0.3, 0.4) is 0 Å². The van der Waals surface area contributed by atoms with E-state index in [1.165, 1.54) is 0 Å². The second kappa shape index (κ2) is 4.02. The molecule has 0 aromatic carbocycles. The topological polar surface area (TPSA) is 75.2 Å². The quantitative estimate of drug-likeness (QED) is 0.772. The first-order valence-electron chi connectivity index (χ1n) is 4.67. The van der Waals surface area contributed by atoms with E-state index in [0.29, 0.717) is 5.82 Å². The fourth-order valence-corrected chi connectivity index (χ4v) is 1.46. The minimum Gasteiger partial charge on any atom is -0.493 e. The van der Waals surface area contributed by atoms with E-state index in [1.54, 1.807) is 7.11 Å². The molecule has 1 unspecified atom stereocenters. The number of aromatic amines is 1. The van der Waals surface area contributed by atoms with Gasteiger partial charge in [-0.2, -0.15) is 4.98 Å². The number of nitrogens with one attached hydrogen (secondary N) is 1. The first kappa shape index (κ1) is 11.7. The van der Waals surface area contributed by atoms with E-state index < -0.39 is 0 Å². The Labute approximate surface area is 88.1 Å². The maximum Gasteiger partial charge on any atom is 0.254 e. The zero-order valence-electron chi connectivity index (χ0n) is 9.37. The van der Waals surface area contributed by atoms with Gasteiger partial charge in [0.2, 0.25) is 5.88 Å². The number of ether oxygens (including phenoxy) is 1. The average Bonchev–Trinajstić information content (AvgIpc) is 1.99. The Morgan fingerprint density at radius 3 is 2.53 bits per heavy atom. The van der Waals surface area contributed by atoms with Gasteiger partial charge in [0, 0.05) is 7.11 Å². The third-order valence-corrected chi connectivity index (χ3v) is 2.02. The van der Waals surface area contributed by atoms with Crippen molar-refractivity contribution in [1.29, 1.82) is 0 Å². The van der Waals surface area contributed by atoms with Gasteiger partial charge in [-0.15, -0.1) is 0 Å². The van der Waals surface area contributed by atoms with E-state index in [1.807, 2.05) is 20.8 Å². The second-order valence-corrected chi connectivity index (χ2v) is 4.47. The van der Waals surface area contributed by atoms with Crippen molar-refractivity contribution in [3.63, 3.8) is 0 Å². The molecule has 5 nitrogen and oxygen atoms in total. The molecule has 0 saturated heterocycles. The highest BCUT2D eigenvalue weighted by Crippen LogP contribution is 2.33. The summed E-state index contributed by atoms with van der Waals surface area (Å²) in [6.07, 6.45) is -0.364. The number of aromatic nitrogens is 2. The zero-order chi connectivity index (χ0) is 11.6. The van der Waals surface area contributed by atoms with Gasteiger partial charge in [0.25, 0.3) is 5.56 Å². The minimum atomic E-state index is -0.385. The summed E-state index contributed by atoms with van der Waals surface area (Å²) in [7, 11) is 1.54. The molecule has 0 aliphatic rings. The lowest BCUT2D eigenvalue weighted by molar-refractivity contribution is 0.00811. The summed E-state index contributed by atoms with van der Waals surface area (Å²) in [6, 6.07) is 1.03. The van der Waals surface area contributed by atoms with Crippen LogP contribution >= 0.6 is 0 Å². The van der Waals surface area contributed by atoms with Gasteiger partial charge in [0.1, 0.15) is 11.9 Å². The lowest BCUT2D eigenvalue weighted by Gasteiger charge is -2.28. The van der Waals surface area contributed by atoms with Crippen LogP contribution in [0.2, 0.25) is 0 Å². The largest absolute Gasteiger partial charge is 0.493 e. The molecule has 1 aromatic heterocycles. The van der Waals surface area contributed by atoms with Crippen LogP contribution in [-0.2, 0) is 4.74 Å².